The molecule has 0 aromatic heterocycles. The summed E-state index contributed by atoms with van der Waals surface area (Å²) in [4.78, 5) is 37.4. The average molecular weight is 1150 g/mol. The number of hydrogen-bond donors (Lipinski definition) is 0. The molecule has 2 unspecified atom stereocenters. The molecule has 0 aliphatic heterocycles. The van der Waals surface area contributed by atoms with Crippen molar-refractivity contribution in [3.63, 3.8) is 0 Å². The molecule has 83 heavy (non-hydrogen) atoms. The molecule has 0 aromatic rings. The fourth-order valence-electron chi connectivity index (χ4n) is 8.34. The molecule has 468 valence electrons. The summed E-state index contributed by atoms with van der Waals surface area (Å²) in [6.45, 7) is 4.48. The molecule has 2 atom stereocenters. The molecule has 9 heteroatoms. The minimum Gasteiger partial charge on any atom is -0.545 e. The standard InChI is InChI=1S/C74H119NO8/c1-6-8-10-12-14-16-18-20-22-24-26-27-28-29-30-31-32-33-34-35-36-37-38-39-40-41-42-43-44-45-47-49-51-53-55-57-59-61-63-65-72(77)83-70(69-82-74(73(78)79)80-67-66-75(3,4)5)68-81-71(76)64-62-60-58-56-54-52-50-48-46-25-23-21-19-17-15-13-11-9-7-2/h8-11,14-17,20-23,26-27,29-30,32-33,35-36,38-39,41-42,46,48,70,74H,6-7,12-13,18-19,24-25,28,31,34,37,40,43-45,47,49-69H2,1-5H3/b10-8-,11-9-,16-14-,17-15-,22-20-,23-21-,27-26-,30-29-,33-32-,36-35-,39-38-,42-41-,48-46-. The third-order valence-corrected chi connectivity index (χ3v) is 13.3. The van der Waals surface area contributed by atoms with Gasteiger partial charge in [0.25, 0.3) is 0 Å². The lowest BCUT2D eigenvalue weighted by atomic mass is 10.0. The summed E-state index contributed by atoms with van der Waals surface area (Å²) in [6.07, 6.45) is 90.2. The molecule has 0 fully saturated rings. The molecule has 0 rings (SSSR count). The van der Waals surface area contributed by atoms with E-state index in [1.165, 1.54) is 44.9 Å². The summed E-state index contributed by atoms with van der Waals surface area (Å²) < 4.78 is 22.7. The van der Waals surface area contributed by atoms with Crippen LogP contribution in [0, 0.1) is 0 Å². The van der Waals surface area contributed by atoms with Crippen LogP contribution in [0.25, 0.3) is 0 Å². The molecule has 0 saturated carbocycles. The first-order valence-electron chi connectivity index (χ1n) is 32.6. The third kappa shape index (κ3) is 64.3. The van der Waals surface area contributed by atoms with E-state index < -0.39 is 24.3 Å². The smallest absolute Gasteiger partial charge is 0.306 e. The normalized spacial score (nSPS) is 13.8. The van der Waals surface area contributed by atoms with E-state index in [-0.39, 0.29) is 38.6 Å². The number of nitrogens with zero attached hydrogens (tertiary/aromatic N) is 1. The first-order valence-corrected chi connectivity index (χ1v) is 32.6. The Morgan fingerprint density at radius 1 is 0.361 bits per heavy atom. The minimum absolute atomic E-state index is 0.137. The van der Waals surface area contributed by atoms with Gasteiger partial charge in [0.05, 0.1) is 40.3 Å². The molecule has 0 saturated heterocycles. The lowest BCUT2D eigenvalue weighted by Crippen LogP contribution is -2.44. The Morgan fingerprint density at radius 2 is 0.651 bits per heavy atom. The van der Waals surface area contributed by atoms with Gasteiger partial charge in [-0.15, -0.1) is 0 Å². The van der Waals surface area contributed by atoms with Crippen LogP contribution in [0.5, 0.6) is 0 Å². The van der Waals surface area contributed by atoms with Gasteiger partial charge in [-0.05, 0) is 122 Å². The van der Waals surface area contributed by atoms with Gasteiger partial charge in [-0.2, -0.15) is 0 Å². The zero-order valence-corrected chi connectivity index (χ0v) is 53.2. The van der Waals surface area contributed by atoms with Crippen LogP contribution in [0.3, 0.4) is 0 Å². The third-order valence-electron chi connectivity index (χ3n) is 13.3. The van der Waals surface area contributed by atoms with Crippen molar-refractivity contribution in [2.45, 2.75) is 245 Å². The Kier molecular flexibility index (Phi) is 59.1. The molecular weight excluding hydrogens is 1030 g/mol. The SMILES string of the molecule is CC/C=C\C/C=C\C/C=C\C/C=C\C/C=C\C/C=C\C/C=C\C/C=C\C/C=C\CCCCCCCCCCCCCC(=O)OC(COC(=O)CCCCCCCC/C=C\C/C=C\C/C=C\C/C=C\CC)COC(OCC[N+](C)(C)C)C(=O)[O-]. The molecule has 0 heterocycles. The molecule has 0 bridgehead atoms. The Hall–Kier alpha value is -5.09. The average Bonchev–Trinajstić information content (AvgIpc) is 3.46. The predicted octanol–water partition coefficient (Wildman–Crippen LogP) is 18.8. The number of aliphatic carboxylic acids is 1. The fourth-order valence-corrected chi connectivity index (χ4v) is 8.34. The Labute approximate surface area is 508 Å². The molecule has 0 N–H and O–H groups in total. The zero-order chi connectivity index (χ0) is 60.5. The van der Waals surface area contributed by atoms with Crippen LogP contribution in [0.1, 0.15) is 232 Å². The Balaban J connectivity index is 4.18. The molecule has 0 aromatic carbocycles. The lowest BCUT2D eigenvalue weighted by Gasteiger charge is -2.26. The van der Waals surface area contributed by atoms with E-state index in [1.54, 1.807) is 0 Å². The number of carboxylic acid groups (broad SMARTS) is 1. The van der Waals surface area contributed by atoms with E-state index >= 15 is 0 Å². The maximum atomic E-state index is 12.9. The van der Waals surface area contributed by atoms with Crippen molar-refractivity contribution in [1.29, 1.82) is 0 Å². The summed E-state index contributed by atoms with van der Waals surface area (Å²) in [5, 5.41) is 11.8. The van der Waals surface area contributed by atoms with Gasteiger partial charge >= 0.3 is 11.9 Å². The van der Waals surface area contributed by atoms with Crippen molar-refractivity contribution in [2.75, 3.05) is 47.5 Å². The highest BCUT2D eigenvalue weighted by Crippen LogP contribution is 2.15. The van der Waals surface area contributed by atoms with Gasteiger partial charge in [0.2, 0.25) is 0 Å². The molecular formula is C74H119NO8. The van der Waals surface area contributed by atoms with Gasteiger partial charge in [0, 0.05) is 12.8 Å². The first-order chi connectivity index (χ1) is 40.6. The fraction of sp³-hybridized carbons (Fsp3) is 0.608. The van der Waals surface area contributed by atoms with Crippen LogP contribution < -0.4 is 5.11 Å². The van der Waals surface area contributed by atoms with Gasteiger partial charge in [-0.25, -0.2) is 0 Å². The summed E-state index contributed by atoms with van der Waals surface area (Å²) in [7, 11) is 5.91. The molecule has 0 aliphatic rings. The number of carbonyl (C=O) groups is 3. The van der Waals surface area contributed by atoms with Crippen molar-refractivity contribution >= 4 is 17.9 Å². The number of esters is 2. The van der Waals surface area contributed by atoms with Gasteiger partial charge < -0.3 is 33.3 Å². The van der Waals surface area contributed by atoms with Crippen LogP contribution >= 0.6 is 0 Å². The second-order valence-corrected chi connectivity index (χ2v) is 22.3. The Bertz CT molecular complexity index is 1920. The van der Waals surface area contributed by atoms with E-state index in [4.69, 9.17) is 18.9 Å². The molecule has 0 amide bonds. The predicted molar refractivity (Wildman–Crippen MR) is 352 cm³/mol. The van der Waals surface area contributed by atoms with Crippen LogP contribution in [0.4, 0.5) is 0 Å². The second kappa shape index (κ2) is 62.9. The maximum absolute atomic E-state index is 12.9. The Morgan fingerprint density at radius 3 is 0.964 bits per heavy atom. The van der Waals surface area contributed by atoms with Crippen molar-refractivity contribution in [2.24, 2.45) is 0 Å². The summed E-state index contributed by atoms with van der Waals surface area (Å²) in [5.74, 6) is -2.32. The number of quaternary nitrogens is 1. The molecule has 0 radical (unpaired) electrons. The minimum atomic E-state index is -1.64. The topological polar surface area (TPSA) is 111 Å². The number of carbonyl (C=O) groups excluding carboxylic acids is 3. The van der Waals surface area contributed by atoms with E-state index in [2.05, 4.69) is 172 Å². The van der Waals surface area contributed by atoms with Crippen LogP contribution in [-0.4, -0.2) is 82.3 Å². The summed E-state index contributed by atoms with van der Waals surface area (Å²) in [5.41, 5.74) is 0. The van der Waals surface area contributed by atoms with Gasteiger partial charge in [-0.3, -0.25) is 9.59 Å². The zero-order valence-electron chi connectivity index (χ0n) is 53.2. The first kappa shape index (κ1) is 77.9. The maximum Gasteiger partial charge on any atom is 0.306 e. The van der Waals surface area contributed by atoms with E-state index in [9.17, 15) is 19.5 Å². The van der Waals surface area contributed by atoms with Gasteiger partial charge in [0.1, 0.15) is 13.2 Å². The van der Waals surface area contributed by atoms with E-state index in [0.29, 0.717) is 23.9 Å². The van der Waals surface area contributed by atoms with Crippen molar-refractivity contribution in [1.82, 2.24) is 0 Å². The monoisotopic (exact) mass is 1150 g/mol. The highest BCUT2D eigenvalue weighted by molar-refractivity contribution is 5.70. The van der Waals surface area contributed by atoms with E-state index in [0.717, 1.165) is 148 Å². The molecule has 0 spiro atoms. The highest BCUT2D eigenvalue weighted by atomic mass is 16.7. The number of ether oxygens (including phenoxy) is 4. The van der Waals surface area contributed by atoms with Gasteiger partial charge in [0.15, 0.2) is 12.4 Å². The number of allylic oxidation sites excluding steroid dienone is 26. The lowest BCUT2D eigenvalue weighted by molar-refractivity contribution is -0.870. The number of likely N-dealkylation sites (N-methyl/N-ethyl adjacent to an activating group) is 1. The molecule has 9 nitrogen and oxygen atoms in total. The highest BCUT2D eigenvalue weighted by Gasteiger charge is 2.22. The quantitative estimate of drug-likeness (QED) is 0.0195. The summed E-state index contributed by atoms with van der Waals surface area (Å²) in [6, 6.07) is 0. The number of carboxylic acids is 1. The van der Waals surface area contributed by atoms with Crippen LogP contribution in [0.2, 0.25) is 0 Å². The number of hydrogen-bond acceptors (Lipinski definition) is 8. The van der Waals surface area contributed by atoms with E-state index in [1.807, 2.05) is 21.1 Å². The summed E-state index contributed by atoms with van der Waals surface area (Å²) >= 11 is 0. The van der Waals surface area contributed by atoms with Crippen LogP contribution in [0.15, 0.2) is 158 Å². The largest absolute Gasteiger partial charge is 0.545 e. The van der Waals surface area contributed by atoms with Crippen molar-refractivity contribution < 1.29 is 42.9 Å². The van der Waals surface area contributed by atoms with Crippen molar-refractivity contribution in [3.8, 4) is 0 Å². The number of unbranched alkanes of at least 4 members (excludes halogenated alkanes) is 17. The molecule has 0 aliphatic carbocycles. The van der Waals surface area contributed by atoms with Crippen molar-refractivity contribution in [3.05, 3.63) is 158 Å². The second-order valence-electron chi connectivity index (χ2n) is 22.3. The van der Waals surface area contributed by atoms with Gasteiger partial charge in [-0.1, -0.05) is 255 Å². The van der Waals surface area contributed by atoms with Crippen LogP contribution in [-0.2, 0) is 33.3 Å². The number of rotatable bonds is 58.